The summed E-state index contributed by atoms with van der Waals surface area (Å²) in [5.74, 6) is 1.24. The van der Waals surface area contributed by atoms with Gasteiger partial charge in [0.25, 0.3) is 0 Å². The first-order chi connectivity index (χ1) is 5.43. The third kappa shape index (κ3) is 3.73. The first-order valence-corrected chi connectivity index (χ1v) is 6.10. The molecule has 0 bridgehead atoms. The van der Waals surface area contributed by atoms with Crippen molar-refractivity contribution in [2.45, 2.75) is 18.2 Å². The second kappa shape index (κ2) is 5.56. The second-order valence-corrected chi connectivity index (χ2v) is 4.71. The lowest BCUT2D eigenvalue weighted by atomic mass is 10.4. The highest BCUT2D eigenvalue weighted by Crippen LogP contribution is 2.30. The fourth-order valence-corrected chi connectivity index (χ4v) is 2.82. The van der Waals surface area contributed by atoms with Crippen molar-refractivity contribution in [3.63, 3.8) is 0 Å². The summed E-state index contributed by atoms with van der Waals surface area (Å²) in [7, 11) is 3.78. The van der Waals surface area contributed by atoms with Crippen molar-refractivity contribution in [1.82, 2.24) is 0 Å². The topological polar surface area (TPSA) is 0 Å². The molecule has 0 fully saturated rings. The molecule has 0 radical (unpaired) electrons. The Morgan fingerprint density at radius 3 is 2.55 bits per heavy atom. The van der Waals surface area contributed by atoms with Gasteiger partial charge in [0.15, 0.2) is 0 Å². The van der Waals surface area contributed by atoms with Gasteiger partial charge in [0, 0.05) is 10.6 Å². The van der Waals surface area contributed by atoms with Crippen LogP contribution in [0.2, 0.25) is 0 Å². The van der Waals surface area contributed by atoms with Gasteiger partial charge in [-0.05, 0) is 18.6 Å². The highest BCUT2D eigenvalue weighted by Gasteiger charge is 1.90. The van der Waals surface area contributed by atoms with E-state index in [-0.39, 0.29) is 0 Å². The molecule has 0 heterocycles. The zero-order chi connectivity index (χ0) is 7.94. The maximum atomic E-state index is 2.21. The van der Waals surface area contributed by atoms with Crippen molar-refractivity contribution in [2.24, 2.45) is 0 Å². The van der Waals surface area contributed by atoms with E-state index in [9.17, 15) is 0 Å². The lowest BCUT2D eigenvalue weighted by molar-refractivity contribution is 1.11. The fraction of sp³-hybridized carbons (Fsp3) is 0.333. The van der Waals surface area contributed by atoms with E-state index in [1.54, 1.807) is 0 Å². The van der Waals surface area contributed by atoms with Crippen molar-refractivity contribution in [3.8, 4) is 0 Å². The van der Waals surface area contributed by atoms with E-state index in [0.717, 1.165) is 0 Å². The molecule has 0 saturated heterocycles. The van der Waals surface area contributed by atoms with Crippen molar-refractivity contribution >= 4 is 21.6 Å². The number of hydrogen-bond acceptors (Lipinski definition) is 2. The molecule has 0 aliphatic rings. The SMILES string of the molecule is CCCSSc1ccccc1. The minimum atomic E-state index is 1.24. The van der Waals surface area contributed by atoms with E-state index in [1.807, 2.05) is 21.6 Å². The maximum Gasteiger partial charge on any atom is 0.0182 e. The predicted octanol–water partition coefficient (Wildman–Crippen LogP) is 3.84. The van der Waals surface area contributed by atoms with Crippen LogP contribution >= 0.6 is 21.6 Å². The third-order valence-electron chi connectivity index (χ3n) is 1.19. The largest absolute Gasteiger partial charge is 0.0890 e. The minimum absolute atomic E-state index is 1.24. The van der Waals surface area contributed by atoms with Crippen LogP contribution in [0, 0.1) is 0 Å². The lowest BCUT2D eigenvalue weighted by Gasteiger charge is -1.97. The van der Waals surface area contributed by atoms with Gasteiger partial charge in [-0.25, -0.2) is 0 Å². The summed E-state index contributed by atoms with van der Waals surface area (Å²) < 4.78 is 0. The molecule has 2 heteroatoms. The number of benzene rings is 1. The monoisotopic (exact) mass is 184 g/mol. The van der Waals surface area contributed by atoms with Crippen molar-refractivity contribution in [1.29, 1.82) is 0 Å². The molecule has 0 aliphatic carbocycles. The van der Waals surface area contributed by atoms with E-state index in [4.69, 9.17) is 0 Å². The van der Waals surface area contributed by atoms with Gasteiger partial charge in [-0.3, -0.25) is 0 Å². The van der Waals surface area contributed by atoms with Crippen LogP contribution in [-0.4, -0.2) is 5.75 Å². The average molecular weight is 184 g/mol. The lowest BCUT2D eigenvalue weighted by Crippen LogP contribution is -1.68. The summed E-state index contributed by atoms with van der Waals surface area (Å²) in [6.45, 7) is 2.21. The molecule has 0 aliphatic heterocycles. The highest BCUT2D eigenvalue weighted by molar-refractivity contribution is 8.76. The van der Waals surface area contributed by atoms with Gasteiger partial charge in [0.1, 0.15) is 0 Å². The Bertz CT molecular complexity index is 184. The van der Waals surface area contributed by atoms with Gasteiger partial charge >= 0.3 is 0 Å². The molecule has 11 heavy (non-hydrogen) atoms. The molecule has 0 unspecified atom stereocenters. The van der Waals surface area contributed by atoms with E-state index >= 15 is 0 Å². The molecular formula is C9H12S2. The van der Waals surface area contributed by atoms with E-state index < -0.39 is 0 Å². The smallest absolute Gasteiger partial charge is 0.0182 e. The normalized spacial score (nSPS) is 9.91. The molecule has 1 aromatic rings. The summed E-state index contributed by atoms with van der Waals surface area (Å²) >= 11 is 0. The van der Waals surface area contributed by atoms with Crippen molar-refractivity contribution in [2.75, 3.05) is 5.75 Å². The van der Waals surface area contributed by atoms with Gasteiger partial charge in [0.05, 0.1) is 0 Å². The Kier molecular flexibility index (Phi) is 4.55. The molecule has 1 aromatic carbocycles. The van der Waals surface area contributed by atoms with Crippen LogP contribution in [0.4, 0.5) is 0 Å². The van der Waals surface area contributed by atoms with Crippen LogP contribution in [0.3, 0.4) is 0 Å². The standard InChI is InChI=1S/C9H12S2/c1-2-8-10-11-9-6-4-3-5-7-9/h3-7H,2,8H2,1H3. The third-order valence-corrected chi connectivity index (χ3v) is 3.77. The number of rotatable bonds is 4. The predicted molar refractivity (Wildman–Crippen MR) is 55.0 cm³/mol. The molecule has 60 valence electrons. The van der Waals surface area contributed by atoms with Crippen LogP contribution in [0.1, 0.15) is 13.3 Å². The number of hydrogen-bond donors (Lipinski definition) is 0. The van der Waals surface area contributed by atoms with Crippen LogP contribution in [-0.2, 0) is 0 Å². The molecule has 1 rings (SSSR count). The fourth-order valence-electron chi connectivity index (χ4n) is 0.669. The average Bonchev–Trinajstić information content (AvgIpc) is 2.07. The Morgan fingerprint density at radius 2 is 1.91 bits per heavy atom. The Morgan fingerprint density at radius 1 is 1.18 bits per heavy atom. The molecule has 0 saturated carbocycles. The van der Waals surface area contributed by atoms with Gasteiger partial charge in [-0.15, -0.1) is 0 Å². The quantitative estimate of drug-likeness (QED) is 0.515. The molecule has 0 amide bonds. The summed E-state index contributed by atoms with van der Waals surface area (Å²) in [5.41, 5.74) is 0. The Hall–Kier alpha value is -0.0800. The summed E-state index contributed by atoms with van der Waals surface area (Å²) in [4.78, 5) is 1.35. The maximum absolute atomic E-state index is 2.21. The Labute approximate surface area is 76.2 Å². The van der Waals surface area contributed by atoms with Crippen LogP contribution in [0.25, 0.3) is 0 Å². The molecule has 0 spiro atoms. The van der Waals surface area contributed by atoms with Gasteiger partial charge in [0.2, 0.25) is 0 Å². The summed E-state index contributed by atoms with van der Waals surface area (Å²) in [5, 5.41) is 0. The highest BCUT2D eigenvalue weighted by atomic mass is 33.1. The van der Waals surface area contributed by atoms with Crippen LogP contribution in [0.5, 0.6) is 0 Å². The van der Waals surface area contributed by atoms with Gasteiger partial charge in [-0.1, -0.05) is 46.7 Å². The Balaban J connectivity index is 2.28. The molecule has 0 nitrogen and oxygen atoms in total. The van der Waals surface area contributed by atoms with Crippen LogP contribution in [0.15, 0.2) is 35.2 Å². The van der Waals surface area contributed by atoms with Gasteiger partial charge in [-0.2, -0.15) is 0 Å². The van der Waals surface area contributed by atoms with Gasteiger partial charge < -0.3 is 0 Å². The molecule has 0 atom stereocenters. The molecule has 0 aromatic heterocycles. The van der Waals surface area contributed by atoms with E-state index in [1.165, 1.54) is 17.1 Å². The zero-order valence-corrected chi connectivity index (χ0v) is 8.25. The first kappa shape index (κ1) is 9.01. The zero-order valence-electron chi connectivity index (χ0n) is 6.62. The van der Waals surface area contributed by atoms with E-state index in [0.29, 0.717) is 0 Å². The summed E-state index contributed by atoms with van der Waals surface area (Å²) in [6, 6.07) is 10.5. The second-order valence-electron chi connectivity index (χ2n) is 2.22. The van der Waals surface area contributed by atoms with Crippen LogP contribution < -0.4 is 0 Å². The van der Waals surface area contributed by atoms with E-state index in [2.05, 4.69) is 37.3 Å². The molecule has 0 N–H and O–H groups in total. The van der Waals surface area contributed by atoms with Crippen molar-refractivity contribution in [3.05, 3.63) is 30.3 Å². The summed E-state index contributed by atoms with van der Waals surface area (Å²) in [6.07, 6.45) is 1.25. The van der Waals surface area contributed by atoms with Crippen molar-refractivity contribution < 1.29 is 0 Å². The minimum Gasteiger partial charge on any atom is -0.0890 e. The molecular weight excluding hydrogens is 172 g/mol. The first-order valence-electron chi connectivity index (χ1n) is 3.78.